The summed E-state index contributed by atoms with van der Waals surface area (Å²) in [6.45, 7) is 0. The van der Waals surface area contributed by atoms with Gasteiger partial charge in [-0.05, 0) is 92.0 Å². The van der Waals surface area contributed by atoms with Crippen LogP contribution in [-0.2, 0) is 0 Å². The SMILES string of the molecule is c1ccc(-c2cc(-c3cccc(-c4ccc5c(c4)C4c6ccccc6C5c5cc(-c6cccc(-c7cc(-c8ccccc8)nc(-c8ccccc8)n7)c6)ccc54)c3)nc(-c3ccccc3)n2)cc1. The first kappa shape index (κ1) is 39.5. The molecule has 0 aliphatic heterocycles. The Kier molecular flexibility index (Phi) is 9.61. The van der Waals surface area contributed by atoms with Gasteiger partial charge in [0.15, 0.2) is 11.6 Å². The van der Waals surface area contributed by atoms with Crippen molar-refractivity contribution in [3.63, 3.8) is 0 Å². The molecule has 2 aromatic heterocycles. The average Bonchev–Trinajstić information content (AvgIpc) is 3.43. The molecule has 0 saturated carbocycles. The molecule has 2 atom stereocenters. The monoisotopic (exact) mass is 866 g/mol. The average molecular weight is 867 g/mol. The molecule has 2 heterocycles. The van der Waals surface area contributed by atoms with E-state index in [9.17, 15) is 0 Å². The van der Waals surface area contributed by atoms with E-state index >= 15 is 0 Å². The smallest absolute Gasteiger partial charge is 0.160 e. The zero-order chi connectivity index (χ0) is 45.0. The normalized spacial score (nSPS) is 14.2. The molecule has 0 N–H and O–H groups in total. The van der Waals surface area contributed by atoms with E-state index in [-0.39, 0.29) is 11.8 Å². The molecule has 14 rings (SSSR count). The van der Waals surface area contributed by atoms with Crippen LogP contribution in [0.2, 0.25) is 0 Å². The van der Waals surface area contributed by atoms with Crippen LogP contribution >= 0.6 is 0 Å². The second-order valence-corrected chi connectivity index (χ2v) is 17.7. The largest absolute Gasteiger partial charge is 0.228 e. The fourth-order valence-corrected chi connectivity index (χ4v) is 10.4. The Morgan fingerprint density at radius 3 is 0.882 bits per heavy atom. The van der Waals surface area contributed by atoms with Gasteiger partial charge in [-0.25, -0.2) is 19.9 Å². The molecule has 4 heteroatoms. The van der Waals surface area contributed by atoms with E-state index in [1.54, 1.807) is 0 Å². The van der Waals surface area contributed by atoms with Crippen LogP contribution in [0.5, 0.6) is 0 Å². The first-order chi connectivity index (χ1) is 33.7. The standard InChI is InChI=1S/C64H42N4/c1-5-17-41(18-6-1)57-39-59(67-63(65-57)43-21-9-3-10-22-43)49-27-15-25-45(35-49)47-31-33-53-55(37-47)61-51-29-13-14-30-52(51)62(53)56-38-48(32-34-54(56)61)46-26-16-28-50(36-46)60-40-58(42-19-7-2-8-20-42)66-64(68-60)44-23-11-4-12-24-44/h1-40,61-62H. The Balaban J connectivity index is 0.867. The van der Waals surface area contributed by atoms with Crippen molar-refractivity contribution in [3.8, 4) is 90.1 Å². The van der Waals surface area contributed by atoms with Gasteiger partial charge in [0.05, 0.1) is 22.8 Å². The van der Waals surface area contributed by atoms with Crippen LogP contribution in [0, 0.1) is 0 Å². The predicted octanol–water partition coefficient (Wildman–Crippen LogP) is 15.6. The summed E-state index contributed by atoms with van der Waals surface area (Å²) < 4.78 is 0. The van der Waals surface area contributed by atoms with Gasteiger partial charge in [-0.15, -0.1) is 0 Å². The van der Waals surface area contributed by atoms with E-state index in [1.807, 2.05) is 48.5 Å². The quantitative estimate of drug-likeness (QED) is 0.153. The number of benzene rings is 9. The number of nitrogens with zero attached hydrogens (tertiary/aromatic N) is 4. The minimum Gasteiger partial charge on any atom is -0.228 e. The Hall–Kier alpha value is -8.86. The van der Waals surface area contributed by atoms with Gasteiger partial charge >= 0.3 is 0 Å². The molecular weight excluding hydrogens is 825 g/mol. The molecule has 0 saturated heterocycles. The van der Waals surface area contributed by atoms with Crippen LogP contribution in [-0.4, -0.2) is 19.9 Å². The highest BCUT2D eigenvalue weighted by Crippen LogP contribution is 2.57. The maximum absolute atomic E-state index is 5.15. The van der Waals surface area contributed by atoms with Crippen LogP contribution in [0.25, 0.3) is 90.1 Å². The van der Waals surface area contributed by atoms with Gasteiger partial charge in [0.2, 0.25) is 0 Å². The Morgan fingerprint density at radius 1 is 0.191 bits per heavy atom. The summed E-state index contributed by atoms with van der Waals surface area (Å²) in [5.41, 5.74) is 22.8. The molecule has 0 amide bonds. The summed E-state index contributed by atoms with van der Waals surface area (Å²) in [5, 5.41) is 0. The van der Waals surface area contributed by atoms with Gasteiger partial charge in [0.25, 0.3) is 0 Å². The van der Waals surface area contributed by atoms with Crippen molar-refractivity contribution in [2.45, 2.75) is 11.8 Å². The molecule has 318 valence electrons. The molecule has 0 spiro atoms. The number of rotatable bonds is 8. The minimum absolute atomic E-state index is 0.127. The highest BCUT2D eigenvalue weighted by Gasteiger charge is 2.41. The second kappa shape index (κ2) is 16.5. The van der Waals surface area contributed by atoms with Crippen LogP contribution in [0.3, 0.4) is 0 Å². The van der Waals surface area contributed by atoms with Gasteiger partial charge in [-0.3, -0.25) is 0 Å². The third-order valence-corrected chi connectivity index (χ3v) is 13.7. The third kappa shape index (κ3) is 7.02. The van der Waals surface area contributed by atoms with Crippen molar-refractivity contribution in [1.29, 1.82) is 0 Å². The molecule has 68 heavy (non-hydrogen) atoms. The number of aromatic nitrogens is 4. The predicted molar refractivity (Wildman–Crippen MR) is 276 cm³/mol. The van der Waals surface area contributed by atoms with Gasteiger partial charge in [-0.1, -0.05) is 206 Å². The summed E-state index contributed by atoms with van der Waals surface area (Å²) in [5.74, 6) is 1.68. The van der Waals surface area contributed by atoms with E-state index in [1.165, 1.54) is 44.5 Å². The first-order valence-corrected chi connectivity index (χ1v) is 23.3. The molecule has 0 fully saturated rings. The molecule has 2 bridgehead atoms. The van der Waals surface area contributed by atoms with Gasteiger partial charge in [-0.2, -0.15) is 0 Å². The summed E-state index contributed by atoms with van der Waals surface area (Å²) in [6, 6.07) is 86.5. The molecule has 9 aromatic carbocycles. The number of hydrogen-bond acceptors (Lipinski definition) is 4. The van der Waals surface area contributed by atoms with Crippen LogP contribution in [0.4, 0.5) is 0 Å². The lowest BCUT2D eigenvalue weighted by atomic mass is 9.60. The van der Waals surface area contributed by atoms with Gasteiger partial charge in [0.1, 0.15) is 0 Å². The van der Waals surface area contributed by atoms with Crippen LogP contribution in [0.15, 0.2) is 243 Å². The molecule has 0 radical (unpaired) electrons. The summed E-state index contributed by atoms with van der Waals surface area (Å²) in [7, 11) is 0. The van der Waals surface area contributed by atoms with E-state index in [4.69, 9.17) is 19.9 Å². The van der Waals surface area contributed by atoms with Crippen molar-refractivity contribution in [1.82, 2.24) is 19.9 Å². The lowest BCUT2D eigenvalue weighted by molar-refractivity contribution is 0.755. The second-order valence-electron chi connectivity index (χ2n) is 17.7. The first-order valence-electron chi connectivity index (χ1n) is 23.3. The van der Waals surface area contributed by atoms with Gasteiger partial charge < -0.3 is 0 Å². The highest BCUT2D eigenvalue weighted by atomic mass is 14.9. The zero-order valence-corrected chi connectivity index (χ0v) is 37.0. The lowest BCUT2D eigenvalue weighted by Crippen LogP contribution is -2.27. The maximum atomic E-state index is 5.15. The highest BCUT2D eigenvalue weighted by molar-refractivity contribution is 5.81. The molecule has 4 nitrogen and oxygen atoms in total. The molecule has 11 aromatic rings. The Morgan fingerprint density at radius 2 is 0.485 bits per heavy atom. The topological polar surface area (TPSA) is 51.6 Å². The Bertz CT molecular complexity index is 3320. The lowest BCUT2D eigenvalue weighted by Gasteiger charge is -2.42. The van der Waals surface area contributed by atoms with Gasteiger partial charge in [0, 0.05) is 45.2 Å². The van der Waals surface area contributed by atoms with Crippen molar-refractivity contribution < 1.29 is 0 Å². The zero-order valence-electron chi connectivity index (χ0n) is 37.0. The third-order valence-electron chi connectivity index (χ3n) is 13.7. The minimum atomic E-state index is 0.127. The Labute approximate surface area is 396 Å². The van der Waals surface area contributed by atoms with E-state index < -0.39 is 0 Å². The van der Waals surface area contributed by atoms with Crippen LogP contribution in [0.1, 0.15) is 45.2 Å². The molecule has 3 aliphatic carbocycles. The van der Waals surface area contributed by atoms with Crippen molar-refractivity contribution in [2.24, 2.45) is 0 Å². The fraction of sp³-hybridized carbons (Fsp3) is 0.0312. The van der Waals surface area contributed by atoms with Crippen molar-refractivity contribution in [3.05, 3.63) is 276 Å². The maximum Gasteiger partial charge on any atom is 0.160 e. The molecule has 2 unspecified atom stereocenters. The molecular formula is C64H42N4. The van der Waals surface area contributed by atoms with E-state index in [0.29, 0.717) is 11.6 Å². The van der Waals surface area contributed by atoms with Crippen LogP contribution < -0.4 is 0 Å². The fourth-order valence-electron chi connectivity index (χ4n) is 10.4. The van der Waals surface area contributed by atoms with Crippen molar-refractivity contribution in [2.75, 3.05) is 0 Å². The molecule has 3 aliphatic rings. The summed E-state index contributed by atoms with van der Waals surface area (Å²) in [4.78, 5) is 20.4. The van der Waals surface area contributed by atoms with Crippen molar-refractivity contribution >= 4 is 0 Å². The van der Waals surface area contributed by atoms with E-state index in [0.717, 1.165) is 67.3 Å². The summed E-state index contributed by atoms with van der Waals surface area (Å²) >= 11 is 0. The number of hydrogen-bond donors (Lipinski definition) is 0. The summed E-state index contributed by atoms with van der Waals surface area (Å²) in [6.07, 6.45) is 0. The van der Waals surface area contributed by atoms with E-state index in [2.05, 4.69) is 194 Å².